The first-order valence-corrected chi connectivity index (χ1v) is 9.03. The fraction of sp³-hybridized carbons (Fsp3) is 0.500. The summed E-state index contributed by atoms with van der Waals surface area (Å²) in [7, 11) is 0. The van der Waals surface area contributed by atoms with E-state index >= 15 is 0 Å². The molecule has 0 aromatic carbocycles. The molecule has 0 radical (unpaired) electrons. The SMILES string of the molecule is c1nc(N2CCC(c3nnc(C4CC4)o3)CC2)c2ccsc2n1. The molecule has 2 aliphatic rings. The van der Waals surface area contributed by atoms with Gasteiger partial charge in [0.15, 0.2) is 0 Å². The summed E-state index contributed by atoms with van der Waals surface area (Å²) in [5.74, 6) is 3.64. The van der Waals surface area contributed by atoms with E-state index in [0.717, 1.165) is 53.7 Å². The predicted molar refractivity (Wildman–Crippen MR) is 87.9 cm³/mol. The van der Waals surface area contributed by atoms with Crippen molar-refractivity contribution in [2.24, 2.45) is 0 Å². The number of hydrogen-bond donors (Lipinski definition) is 0. The first-order valence-electron chi connectivity index (χ1n) is 8.15. The van der Waals surface area contributed by atoms with Gasteiger partial charge in [0.2, 0.25) is 11.8 Å². The van der Waals surface area contributed by atoms with E-state index < -0.39 is 0 Å². The molecule has 0 amide bonds. The summed E-state index contributed by atoms with van der Waals surface area (Å²) >= 11 is 1.66. The van der Waals surface area contributed by atoms with Gasteiger partial charge in [0.25, 0.3) is 0 Å². The molecule has 1 aliphatic carbocycles. The number of piperidine rings is 1. The van der Waals surface area contributed by atoms with Crippen LogP contribution in [0.3, 0.4) is 0 Å². The number of nitrogens with zero attached hydrogens (tertiary/aromatic N) is 5. The summed E-state index contributed by atoms with van der Waals surface area (Å²) in [6.07, 6.45) is 6.12. The highest BCUT2D eigenvalue weighted by Gasteiger charge is 2.32. The van der Waals surface area contributed by atoms with Gasteiger partial charge in [-0.3, -0.25) is 0 Å². The zero-order chi connectivity index (χ0) is 15.2. The molecule has 0 spiro atoms. The van der Waals surface area contributed by atoms with Gasteiger partial charge in [-0.05, 0) is 37.1 Å². The van der Waals surface area contributed by atoms with Crippen LogP contribution in [0.25, 0.3) is 10.2 Å². The molecule has 2 fully saturated rings. The lowest BCUT2D eigenvalue weighted by molar-refractivity contribution is 0.375. The van der Waals surface area contributed by atoms with E-state index in [1.165, 1.54) is 12.8 Å². The van der Waals surface area contributed by atoms with Crippen LogP contribution < -0.4 is 4.90 Å². The average Bonchev–Trinajstić information content (AvgIpc) is 3.13. The lowest BCUT2D eigenvalue weighted by atomic mass is 9.97. The summed E-state index contributed by atoms with van der Waals surface area (Å²) in [6.45, 7) is 1.93. The maximum absolute atomic E-state index is 5.88. The summed E-state index contributed by atoms with van der Waals surface area (Å²) in [5, 5.41) is 11.7. The van der Waals surface area contributed by atoms with Crippen LogP contribution in [-0.2, 0) is 0 Å². The highest BCUT2D eigenvalue weighted by Crippen LogP contribution is 2.40. The fourth-order valence-electron chi connectivity index (χ4n) is 3.27. The highest BCUT2D eigenvalue weighted by atomic mass is 32.1. The molecule has 0 atom stereocenters. The van der Waals surface area contributed by atoms with Gasteiger partial charge in [0, 0.05) is 24.9 Å². The maximum atomic E-state index is 5.88. The predicted octanol–water partition coefficient (Wildman–Crippen LogP) is 3.34. The first-order chi connectivity index (χ1) is 11.4. The second-order valence-corrected chi connectivity index (χ2v) is 7.25. The van der Waals surface area contributed by atoms with Crippen LogP contribution in [0, 0.1) is 0 Å². The lowest BCUT2D eigenvalue weighted by Gasteiger charge is -2.31. The van der Waals surface area contributed by atoms with Gasteiger partial charge in [-0.1, -0.05) is 0 Å². The van der Waals surface area contributed by atoms with Crippen LogP contribution in [0.15, 0.2) is 22.2 Å². The molecule has 5 rings (SSSR count). The molecule has 0 N–H and O–H groups in total. The van der Waals surface area contributed by atoms with Crippen LogP contribution in [0.5, 0.6) is 0 Å². The Labute approximate surface area is 137 Å². The number of hydrogen-bond acceptors (Lipinski definition) is 7. The van der Waals surface area contributed by atoms with Crippen LogP contribution >= 0.6 is 11.3 Å². The summed E-state index contributed by atoms with van der Waals surface area (Å²) in [5.41, 5.74) is 0. The molecule has 23 heavy (non-hydrogen) atoms. The minimum absolute atomic E-state index is 0.381. The highest BCUT2D eigenvalue weighted by molar-refractivity contribution is 7.16. The van der Waals surface area contributed by atoms with Crippen molar-refractivity contribution in [1.82, 2.24) is 20.2 Å². The Balaban J connectivity index is 1.32. The van der Waals surface area contributed by atoms with Crippen molar-refractivity contribution < 1.29 is 4.42 Å². The molecule has 6 nitrogen and oxygen atoms in total. The number of thiophene rings is 1. The second-order valence-electron chi connectivity index (χ2n) is 6.35. The molecule has 1 saturated heterocycles. The normalized spacial score (nSPS) is 19.6. The third-order valence-corrected chi connectivity index (χ3v) is 5.59. The van der Waals surface area contributed by atoms with Gasteiger partial charge in [-0.15, -0.1) is 21.5 Å². The number of fused-ring (bicyclic) bond motifs is 1. The molecule has 0 bridgehead atoms. The third kappa shape index (κ3) is 2.39. The van der Waals surface area contributed by atoms with E-state index in [1.54, 1.807) is 17.7 Å². The van der Waals surface area contributed by atoms with Gasteiger partial charge in [-0.25, -0.2) is 9.97 Å². The zero-order valence-electron chi connectivity index (χ0n) is 12.7. The number of rotatable bonds is 3. The Morgan fingerprint density at radius 2 is 1.74 bits per heavy atom. The molecular weight excluding hydrogens is 310 g/mol. The topological polar surface area (TPSA) is 67.9 Å². The third-order valence-electron chi connectivity index (χ3n) is 4.77. The van der Waals surface area contributed by atoms with E-state index in [1.807, 2.05) is 0 Å². The Bertz CT molecular complexity index is 832. The molecule has 3 aromatic rings. The van der Waals surface area contributed by atoms with Crippen LogP contribution in [-0.4, -0.2) is 33.3 Å². The van der Waals surface area contributed by atoms with Crippen LogP contribution in [0.1, 0.15) is 49.3 Å². The summed E-state index contributed by atoms with van der Waals surface area (Å²) in [6, 6.07) is 2.11. The van der Waals surface area contributed by atoms with E-state index in [0.29, 0.717) is 11.8 Å². The van der Waals surface area contributed by atoms with Gasteiger partial charge in [0.05, 0.1) is 5.39 Å². The van der Waals surface area contributed by atoms with Crippen LogP contribution in [0.2, 0.25) is 0 Å². The van der Waals surface area contributed by atoms with Crippen molar-refractivity contribution in [3.05, 3.63) is 29.6 Å². The van der Waals surface area contributed by atoms with Crippen molar-refractivity contribution in [3.8, 4) is 0 Å². The molecule has 3 aromatic heterocycles. The van der Waals surface area contributed by atoms with Gasteiger partial charge in [0.1, 0.15) is 17.0 Å². The largest absolute Gasteiger partial charge is 0.425 e. The van der Waals surface area contributed by atoms with Gasteiger partial charge in [-0.2, -0.15) is 0 Å². The molecule has 1 aliphatic heterocycles. The Kier molecular flexibility index (Phi) is 3.07. The molecule has 0 unspecified atom stereocenters. The van der Waals surface area contributed by atoms with Gasteiger partial charge >= 0.3 is 0 Å². The van der Waals surface area contributed by atoms with Crippen molar-refractivity contribution in [3.63, 3.8) is 0 Å². The second kappa shape index (κ2) is 5.26. The van der Waals surface area contributed by atoms with E-state index in [9.17, 15) is 0 Å². The smallest absolute Gasteiger partial charge is 0.219 e. The average molecular weight is 327 g/mol. The monoisotopic (exact) mass is 327 g/mol. The minimum Gasteiger partial charge on any atom is -0.425 e. The Morgan fingerprint density at radius 3 is 2.48 bits per heavy atom. The first kappa shape index (κ1) is 13.4. The Morgan fingerprint density at radius 1 is 1.00 bits per heavy atom. The number of aromatic nitrogens is 4. The minimum atomic E-state index is 0.381. The van der Waals surface area contributed by atoms with Crippen molar-refractivity contribution in [2.45, 2.75) is 37.5 Å². The lowest BCUT2D eigenvalue weighted by Crippen LogP contribution is -2.33. The van der Waals surface area contributed by atoms with Gasteiger partial charge < -0.3 is 9.32 Å². The summed E-state index contributed by atoms with van der Waals surface area (Å²) in [4.78, 5) is 12.2. The van der Waals surface area contributed by atoms with Crippen molar-refractivity contribution in [2.75, 3.05) is 18.0 Å². The van der Waals surface area contributed by atoms with E-state index in [4.69, 9.17) is 4.42 Å². The molecule has 1 saturated carbocycles. The van der Waals surface area contributed by atoms with Crippen LogP contribution in [0.4, 0.5) is 5.82 Å². The molecular formula is C16H17N5OS. The molecule has 7 heteroatoms. The van der Waals surface area contributed by atoms with Crippen molar-refractivity contribution in [1.29, 1.82) is 0 Å². The van der Waals surface area contributed by atoms with E-state index in [-0.39, 0.29) is 0 Å². The number of anilines is 1. The Hall–Kier alpha value is -2.02. The van der Waals surface area contributed by atoms with E-state index in [2.05, 4.69) is 36.5 Å². The standard InChI is InChI=1S/C16H17N5OS/c1-2-10(1)14-19-20-15(22-14)11-3-6-21(7-4-11)13-12-5-8-23-16(12)18-9-17-13/h5,8-11H,1-4,6-7H2. The summed E-state index contributed by atoms with van der Waals surface area (Å²) < 4.78 is 5.88. The molecule has 118 valence electrons. The quantitative estimate of drug-likeness (QED) is 0.735. The zero-order valence-corrected chi connectivity index (χ0v) is 13.5. The van der Waals surface area contributed by atoms with Crippen molar-refractivity contribution >= 4 is 27.4 Å². The fourth-order valence-corrected chi connectivity index (χ4v) is 4.00. The molecule has 4 heterocycles. The maximum Gasteiger partial charge on any atom is 0.219 e.